The molecule has 3 heteroatoms. The molecule has 0 fully saturated rings. The van der Waals surface area contributed by atoms with E-state index in [9.17, 15) is 0 Å². The SMILES string of the molecule is CCNC(C)/C=C/c1cn2ccccc2n1. The van der Waals surface area contributed by atoms with E-state index in [0.29, 0.717) is 6.04 Å². The smallest absolute Gasteiger partial charge is 0.137 e. The van der Waals surface area contributed by atoms with Gasteiger partial charge >= 0.3 is 0 Å². The molecule has 1 N–H and O–H groups in total. The molecule has 0 saturated heterocycles. The molecular formula is C13H17N3. The van der Waals surface area contributed by atoms with Gasteiger partial charge in [0.25, 0.3) is 0 Å². The van der Waals surface area contributed by atoms with Crippen molar-refractivity contribution in [3.8, 4) is 0 Å². The van der Waals surface area contributed by atoms with Crippen molar-refractivity contribution in [2.24, 2.45) is 0 Å². The third kappa shape index (κ3) is 2.49. The molecule has 0 saturated carbocycles. The van der Waals surface area contributed by atoms with E-state index in [1.54, 1.807) is 0 Å². The Balaban J connectivity index is 2.15. The minimum absolute atomic E-state index is 0.384. The topological polar surface area (TPSA) is 29.3 Å². The molecule has 0 aliphatic heterocycles. The van der Waals surface area contributed by atoms with Crippen molar-refractivity contribution in [2.75, 3.05) is 6.54 Å². The molecule has 84 valence electrons. The van der Waals surface area contributed by atoms with E-state index in [2.05, 4.69) is 36.3 Å². The fraction of sp³-hybridized carbons (Fsp3) is 0.308. The molecule has 0 aliphatic carbocycles. The Labute approximate surface area is 95.8 Å². The van der Waals surface area contributed by atoms with E-state index in [1.165, 1.54) is 0 Å². The number of hydrogen-bond donors (Lipinski definition) is 1. The molecule has 0 aliphatic rings. The minimum atomic E-state index is 0.384. The first-order valence-electron chi connectivity index (χ1n) is 5.65. The van der Waals surface area contributed by atoms with Crippen LogP contribution in [0.25, 0.3) is 11.7 Å². The first-order chi connectivity index (χ1) is 7.79. The van der Waals surface area contributed by atoms with E-state index < -0.39 is 0 Å². The summed E-state index contributed by atoms with van der Waals surface area (Å²) in [5.41, 5.74) is 1.98. The number of rotatable bonds is 4. The highest BCUT2D eigenvalue weighted by Gasteiger charge is 1.97. The Morgan fingerprint density at radius 2 is 2.38 bits per heavy atom. The van der Waals surface area contributed by atoms with Crippen molar-refractivity contribution in [1.82, 2.24) is 14.7 Å². The van der Waals surface area contributed by atoms with E-state index in [0.717, 1.165) is 17.9 Å². The van der Waals surface area contributed by atoms with Crippen LogP contribution in [0.15, 0.2) is 36.7 Å². The molecule has 0 radical (unpaired) electrons. The maximum atomic E-state index is 4.49. The van der Waals surface area contributed by atoms with E-state index >= 15 is 0 Å². The number of hydrogen-bond acceptors (Lipinski definition) is 2. The summed E-state index contributed by atoms with van der Waals surface area (Å²) in [7, 11) is 0. The van der Waals surface area contributed by atoms with Crippen molar-refractivity contribution in [3.63, 3.8) is 0 Å². The van der Waals surface area contributed by atoms with Crippen molar-refractivity contribution < 1.29 is 0 Å². The van der Waals surface area contributed by atoms with Crippen LogP contribution in [0, 0.1) is 0 Å². The average molecular weight is 215 g/mol. The summed E-state index contributed by atoms with van der Waals surface area (Å²) in [5.74, 6) is 0. The normalized spacial score (nSPS) is 13.6. The third-order valence-corrected chi connectivity index (χ3v) is 2.46. The number of aromatic nitrogens is 2. The van der Waals surface area contributed by atoms with Gasteiger partial charge in [-0.15, -0.1) is 0 Å². The summed E-state index contributed by atoms with van der Waals surface area (Å²) in [6, 6.07) is 6.39. The number of nitrogens with zero attached hydrogens (tertiary/aromatic N) is 2. The van der Waals surface area contributed by atoms with Crippen LogP contribution in [-0.2, 0) is 0 Å². The molecule has 2 aromatic heterocycles. The highest BCUT2D eigenvalue weighted by Crippen LogP contribution is 2.06. The van der Waals surface area contributed by atoms with Crippen LogP contribution in [0.1, 0.15) is 19.5 Å². The summed E-state index contributed by atoms with van der Waals surface area (Å²) in [6.07, 6.45) is 8.23. The lowest BCUT2D eigenvalue weighted by Gasteiger charge is -2.04. The lowest BCUT2D eigenvalue weighted by Crippen LogP contribution is -2.22. The zero-order chi connectivity index (χ0) is 11.4. The van der Waals surface area contributed by atoms with E-state index in [-0.39, 0.29) is 0 Å². The van der Waals surface area contributed by atoms with Gasteiger partial charge in [-0.1, -0.05) is 19.1 Å². The fourth-order valence-electron chi connectivity index (χ4n) is 1.67. The van der Waals surface area contributed by atoms with Gasteiger partial charge in [0.05, 0.1) is 5.69 Å². The van der Waals surface area contributed by atoms with Gasteiger partial charge in [0, 0.05) is 18.4 Å². The van der Waals surface area contributed by atoms with Crippen LogP contribution in [0.3, 0.4) is 0 Å². The second-order valence-corrected chi connectivity index (χ2v) is 3.84. The Morgan fingerprint density at radius 1 is 1.50 bits per heavy atom. The highest BCUT2D eigenvalue weighted by atomic mass is 15.0. The van der Waals surface area contributed by atoms with Gasteiger partial charge < -0.3 is 9.72 Å². The van der Waals surface area contributed by atoms with Crippen molar-refractivity contribution in [3.05, 3.63) is 42.4 Å². The molecule has 0 aromatic carbocycles. The van der Waals surface area contributed by atoms with Gasteiger partial charge in [-0.05, 0) is 31.7 Å². The predicted octanol–water partition coefficient (Wildman–Crippen LogP) is 2.35. The second kappa shape index (κ2) is 4.94. The lowest BCUT2D eigenvalue weighted by atomic mass is 10.3. The predicted molar refractivity (Wildman–Crippen MR) is 67.4 cm³/mol. The summed E-state index contributed by atoms with van der Waals surface area (Å²) in [4.78, 5) is 4.49. The number of nitrogens with one attached hydrogen (secondary N) is 1. The van der Waals surface area contributed by atoms with E-state index in [1.807, 2.05) is 35.0 Å². The number of likely N-dealkylation sites (N-methyl/N-ethyl adjacent to an activating group) is 1. The minimum Gasteiger partial charge on any atom is -0.311 e. The molecule has 2 aromatic rings. The van der Waals surface area contributed by atoms with Gasteiger partial charge in [0.1, 0.15) is 5.65 Å². The Kier molecular flexibility index (Phi) is 3.37. The summed E-state index contributed by atoms with van der Waals surface area (Å²) < 4.78 is 2.03. The molecule has 1 unspecified atom stereocenters. The monoisotopic (exact) mass is 215 g/mol. The Bertz CT molecular complexity index is 452. The Morgan fingerprint density at radius 3 is 3.12 bits per heavy atom. The fourth-order valence-corrected chi connectivity index (χ4v) is 1.67. The molecule has 3 nitrogen and oxygen atoms in total. The molecule has 1 atom stereocenters. The molecule has 2 heterocycles. The van der Waals surface area contributed by atoms with Crippen molar-refractivity contribution in [1.29, 1.82) is 0 Å². The maximum Gasteiger partial charge on any atom is 0.137 e. The maximum absolute atomic E-state index is 4.49. The van der Waals surface area contributed by atoms with Gasteiger partial charge in [-0.2, -0.15) is 0 Å². The third-order valence-electron chi connectivity index (χ3n) is 2.46. The van der Waals surface area contributed by atoms with Crippen LogP contribution in [0.4, 0.5) is 0 Å². The zero-order valence-corrected chi connectivity index (χ0v) is 9.72. The quantitative estimate of drug-likeness (QED) is 0.848. The van der Waals surface area contributed by atoms with Crippen LogP contribution in [0.5, 0.6) is 0 Å². The standard InChI is InChI=1S/C13H17N3/c1-3-14-11(2)7-8-12-10-16-9-5-4-6-13(16)15-12/h4-11,14H,3H2,1-2H3/b8-7+. The molecule has 0 bridgehead atoms. The van der Waals surface area contributed by atoms with Gasteiger partial charge in [0.2, 0.25) is 0 Å². The second-order valence-electron chi connectivity index (χ2n) is 3.84. The largest absolute Gasteiger partial charge is 0.311 e. The number of fused-ring (bicyclic) bond motifs is 1. The Hall–Kier alpha value is -1.61. The average Bonchev–Trinajstić information content (AvgIpc) is 2.69. The van der Waals surface area contributed by atoms with Crippen LogP contribution >= 0.6 is 0 Å². The first-order valence-corrected chi connectivity index (χ1v) is 5.65. The van der Waals surface area contributed by atoms with Crippen LogP contribution in [0.2, 0.25) is 0 Å². The van der Waals surface area contributed by atoms with Gasteiger partial charge in [-0.3, -0.25) is 0 Å². The van der Waals surface area contributed by atoms with Crippen molar-refractivity contribution >= 4 is 11.7 Å². The van der Waals surface area contributed by atoms with Gasteiger partial charge in [0.15, 0.2) is 0 Å². The highest BCUT2D eigenvalue weighted by molar-refractivity contribution is 5.51. The first kappa shape index (κ1) is 10.9. The molecular weight excluding hydrogens is 198 g/mol. The number of imidazole rings is 1. The van der Waals surface area contributed by atoms with Crippen molar-refractivity contribution in [2.45, 2.75) is 19.9 Å². The molecule has 0 spiro atoms. The van der Waals surface area contributed by atoms with Crippen LogP contribution in [-0.4, -0.2) is 22.0 Å². The summed E-state index contributed by atoms with van der Waals surface area (Å²) >= 11 is 0. The molecule has 2 rings (SSSR count). The summed E-state index contributed by atoms with van der Waals surface area (Å²) in [5, 5.41) is 3.33. The molecule has 16 heavy (non-hydrogen) atoms. The van der Waals surface area contributed by atoms with E-state index in [4.69, 9.17) is 0 Å². The zero-order valence-electron chi connectivity index (χ0n) is 9.72. The summed E-state index contributed by atoms with van der Waals surface area (Å²) in [6.45, 7) is 5.22. The van der Waals surface area contributed by atoms with Crippen LogP contribution < -0.4 is 5.32 Å². The molecule has 0 amide bonds. The van der Waals surface area contributed by atoms with Gasteiger partial charge in [-0.25, -0.2) is 4.98 Å². The lowest BCUT2D eigenvalue weighted by molar-refractivity contribution is 0.663. The number of pyridine rings is 1.